The van der Waals surface area contributed by atoms with Crippen LogP contribution in [0.1, 0.15) is 35.2 Å². The van der Waals surface area contributed by atoms with E-state index in [0.29, 0.717) is 23.6 Å². The predicted octanol–water partition coefficient (Wildman–Crippen LogP) is 3.39. The Hall–Kier alpha value is -2.62. The number of fused-ring (bicyclic) bond motifs is 1. The zero-order chi connectivity index (χ0) is 15.5. The Labute approximate surface area is 129 Å². The van der Waals surface area contributed by atoms with Crippen molar-refractivity contribution < 1.29 is 14.3 Å². The highest BCUT2D eigenvalue weighted by Crippen LogP contribution is 2.34. The van der Waals surface area contributed by atoms with Crippen LogP contribution in [0, 0.1) is 0 Å². The molecule has 0 bridgehead atoms. The molecule has 0 aliphatic heterocycles. The van der Waals surface area contributed by atoms with Gasteiger partial charge in [0.05, 0.1) is 18.2 Å². The van der Waals surface area contributed by atoms with Crippen molar-refractivity contribution in [2.45, 2.75) is 19.3 Å². The molecule has 1 amide bonds. The van der Waals surface area contributed by atoms with Crippen LogP contribution in [0.15, 0.2) is 48.5 Å². The van der Waals surface area contributed by atoms with Gasteiger partial charge in [0, 0.05) is 12.0 Å². The highest BCUT2D eigenvalue weighted by atomic mass is 16.5. The molecule has 3 rings (SSSR count). The van der Waals surface area contributed by atoms with Gasteiger partial charge in [0.1, 0.15) is 5.75 Å². The number of Topliss-reactive ketones (excluding diaryl/α,β-unsaturated/α-hetero) is 1. The second kappa shape index (κ2) is 6.02. The topological polar surface area (TPSA) is 55.4 Å². The average Bonchev–Trinajstić information content (AvgIpc) is 2.87. The molecule has 0 heterocycles. The lowest BCUT2D eigenvalue weighted by atomic mass is 10.0. The zero-order valence-corrected chi connectivity index (χ0v) is 12.3. The van der Waals surface area contributed by atoms with Gasteiger partial charge in [-0.3, -0.25) is 9.59 Å². The molecule has 0 saturated heterocycles. The third kappa shape index (κ3) is 2.60. The van der Waals surface area contributed by atoms with Gasteiger partial charge < -0.3 is 10.1 Å². The average molecular weight is 295 g/mol. The van der Waals surface area contributed by atoms with E-state index in [2.05, 4.69) is 5.32 Å². The van der Waals surface area contributed by atoms with E-state index in [-0.39, 0.29) is 18.1 Å². The third-order valence-corrected chi connectivity index (χ3v) is 3.79. The summed E-state index contributed by atoms with van der Waals surface area (Å²) < 4.78 is 5.51. The number of carbonyl (C=O) groups excluding carboxylic acids is 2. The molecule has 2 aromatic rings. The van der Waals surface area contributed by atoms with Crippen LogP contribution >= 0.6 is 0 Å². The van der Waals surface area contributed by atoms with E-state index in [0.717, 1.165) is 5.56 Å². The summed E-state index contributed by atoms with van der Waals surface area (Å²) >= 11 is 0. The van der Waals surface area contributed by atoms with Crippen LogP contribution in [-0.2, 0) is 4.79 Å². The lowest BCUT2D eigenvalue weighted by Crippen LogP contribution is -2.20. The Morgan fingerprint density at radius 3 is 2.73 bits per heavy atom. The summed E-state index contributed by atoms with van der Waals surface area (Å²) in [7, 11) is 0. The van der Waals surface area contributed by atoms with Crippen LogP contribution < -0.4 is 10.1 Å². The van der Waals surface area contributed by atoms with Gasteiger partial charge in [0.2, 0.25) is 5.91 Å². The molecule has 1 N–H and O–H groups in total. The monoisotopic (exact) mass is 295 g/mol. The van der Waals surface area contributed by atoms with Gasteiger partial charge in [0.25, 0.3) is 0 Å². The molecule has 0 fully saturated rings. The highest BCUT2D eigenvalue weighted by molar-refractivity contribution is 6.09. The maximum Gasteiger partial charge on any atom is 0.232 e. The Balaban J connectivity index is 1.83. The minimum absolute atomic E-state index is 0.0221. The Kier molecular flexibility index (Phi) is 3.92. The molecule has 1 aliphatic rings. The maximum atomic E-state index is 12.6. The molecule has 0 unspecified atom stereocenters. The Morgan fingerprint density at radius 2 is 1.91 bits per heavy atom. The quantitative estimate of drug-likeness (QED) is 0.940. The first-order chi connectivity index (χ1) is 10.7. The van der Waals surface area contributed by atoms with Gasteiger partial charge in [-0.2, -0.15) is 0 Å². The number of hydrogen-bond acceptors (Lipinski definition) is 3. The van der Waals surface area contributed by atoms with E-state index in [4.69, 9.17) is 4.74 Å². The Bertz CT molecular complexity index is 724. The third-order valence-electron chi connectivity index (χ3n) is 3.79. The van der Waals surface area contributed by atoms with Crippen LogP contribution in [0.2, 0.25) is 0 Å². The van der Waals surface area contributed by atoms with Gasteiger partial charge in [-0.1, -0.05) is 36.4 Å². The summed E-state index contributed by atoms with van der Waals surface area (Å²) in [6.45, 7) is 2.42. The number of anilines is 1. The van der Waals surface area contributed by atoms with Gasteiger partial charge in [-0.05, 0) is 24.6 Å². The van der Waals surface area contributed by atoms with Gasteiger partial charge in [-0.25, -0.2) is 0 Å². The van der Waals surface area contributed by atoms with Crippen molar-refractivity contribution in [3.05, 3.63) is 59.7 Å². The largest absolute Gasteiger partial charge is 0.492 e. The summed E-state index contributed by atoms with van der Waals surface area (Å²) in [5.74, 6) is 0.0497. The molecule has 4 heteroatoms. The second-order valence-electron chi connectivity index (χ2n) is 5.19. The summed E-state index contributed by atoms with van der Waals surface area (Å²) in [5.41, 5.74) is 2.09. The minimum Gasteiger partial charge on any atom is -0.492 e. The molecule has 0 saturated carbocycles. The number of ether oxygens (including phenoxy) is 1. The van der Waals surface area contributed by atoms with Crippen molar-refractivity contribution in [2.75, 3.05) is 11.9 Å². The first-order valence-electron chi connectivity index (χ1n) is 7.35. The summed E-state index contributed by atoms with van der Waals surface area (Å²) in [6, 6.07) is 14.6. The highest BCUT2D eigenvalue weighted by Gasteiger charge is 2.34. The molecule has 0 aromatic heterocycles. The SMILES string of the molecule is CCOc1ccccc1NC(=O)[C@@H]1CC(=O)c2ccccc21. The van der Waals surface area contributed by atoms with Crippen LogP contribution in [0.4, 0.5) is 5.69 Å². The molecule has 4 nitrogen and oxygen atoms in total. The summed E-state index contributed by atoms with van der Waals surface area (Å²) in [4.78, 5) is 24.6. The van der Waals surface area contributed by atoms with Gasteiger partial charge in [0.15, 0.2) is 5.78 Å². The zero-order valence-electron chi connectivity index (χ0n) is 12.3. The van der Waals surface area contributed by atoms with Crippen molar-refractivity contribution in [3.63, 3.8) is 0 Å². The number of hydrogen-bond donors (Lipinski definition) is 1. The minimum atomic E-state index is -0.432. The van der Waals surface area contributed by atoms with Crippen LogP contribution in [0.25, 0.3) is 0 Å². The number of para-hydroxylation sites is 2. The number of amides is 1. The number of benzene rings is 2. The van der Waals surface area contributed by atoms with E-state index in [1.807, 2.05) is 43.3 Å². The van der Waals surface area contributed by atoms with E-state index in [1.54, 1.807) is 12.1 Å². The summed E-state index contributed by atoms with van der Waals surface area (Å²) in [5, 5.41) is 2.88. The second-order valence-corrected chi connectivity index (χ2v) is 5.19. The smallest absolute Gasteiger partial charge is 0.232 e. The molecule has 22 heavy (non-hydrogen) atoms. The first-order valence-corrected chi connectivity index (χ1v) is 7.35. The first kappa shape index (κ1) is 14.3. The fraction of sp³-hybridized carbons (Fsp3) is 0.222. The molecule has 0 spiro atoms. The summed E-state index contributed by atoms with van der Waals surface area (Å²) in [6.07, 6.45) is 0.224. The standard InChI is InChI=1S/C18H17NO3/c1-2-22-17-10-6-5-9-15(17)19-18(21)14-11-16(20)13-8-4-3-7-12(13)14/h3-10,14H,2,11H2,1H3,(H,19,21)/t14-/m1/s1. The van der Waals surface area contributed by atoms with E-state index in [9.17, 15) is 9.59 Å². The van der Waals surface area contributed by atoms with Crippen molar-refractivity contribution in [3.8, 4) is 5.75 Å². The Morgan fingerprint density at radius 1 is 1.18 bits per heavy atom. The molecule has 1 aliphatic carbocycles. The van der Waals surface area contributed by atoms with Crippen LogP contribution in [0.5, 0.6) is 5.75 Å². The molecular formula is C18H17NO3. The van der Waals surface area contributed by atoms with E-state index >= 15 is 0 Å². The maximum absolute atomic E-state index is 12.6. The number of carbonyl (C=O) groups is 2. The number of rotatable bonds is 4. The normalized spacial score (nSPS) is 16.2. The molecular weight excluding hydrogens is 278 g/mol. The molecule has 112 valence electrons. The van der Waals surface area contributed by atoms with Crippen molar-refractivity contribution in [1.82, 2.24) is 0 Å². The van der Waals surface area contributed by atoms with Gasteiger partial charge in [-0.15, -0.1) is 0 Å². The lowest BCUT2D eigenvalue weighted by molar-refractivity contribution is -0.117. The van der Waals surface area contributed by atoms with Crippen molar-refractivity contribution in [1.29, 1.82) is 0 Å². The molecule has 2 aromatic carbocycles. The molecule has 1 atom stereocenters. The van der Waals surface area contributed by atoms with Crippen molar-refractivity contribution in [2.24, 2.45) is 0 Å². The number of ketones is 1. The van der Waals surface area contributed by atoms with E-state index in [1.165, 1.54) is 0 Å². The predicted molar refractivity (Wildman–Crippen MR) is 84.4 cm³/mol. The number of nitrogens with one attached hydrogen (secondary N) is 1. The van der Waals surface area contributed by atoms with Gasteiger partial charge >= 0.3 is 0 Å². The fourth-order valence-electron chi connectivity index (χ4n) is 2.77. The fourth-order valence-corrected chi connectivity index (χ4v) is 2.77. The lowest BCUT2D eigenvalue weighted by Gasteiger charge is -2.14. The molecule has 0 radical (unpaired) electrons. The van der Waals surface area contributed by atoms with Crippen molar-refractivity contribution >= 4 is 17.4 Å². The van der Waals surface area contributed by atoms with Crippen LogP contribution in [0.3, 0.4) is 0 Å². The van der Waals surface area contributed by atoms with Crippen LogP contribution in [-0.4, -0.2) is 18.3 Å². The van der Waals surface area contributed by atoms with E-state index < -0.39 is 5.92 Å².